The number of hydrogen-bond donors (Lipinski definition) is 0. The number of rotatable bonds is 8. The maximum Gasteiger partial charge on any atom is 0.211 e. The van der Waals surface area contributed by atoms with Crippen LogP contribution in [0.2, 0.25) is 0 Å². The molecule has 0 amide bonds. The van der Waals surface area contributed by atoms with Gasteiger partial charge >= 0.3 is 0 Å². The van der Waals surface area contributed by atoms with Crippen LogP contribution < -0.4 is 9.30 Å². The topological polar surface area (TPSA) is 39.2 Å². The molecule has 0 aliphatic carbocycles. The minimum absolute atomic E-state index is 0.492. The Bertz CT molecular complexity index is 719. The summed E-state index contributed by atoms with van der Waals surface area (Å²) in [5, 5.41) is 12.4. The monoisotopic (exact) mass is 355 g/mol. The van der Waals surface area contributed by atoms with Gasteiger partial charge in [-0.3, -0.25) is 0 Å². The van der Waals surface area contributed by atoms with Crippen LogP contribution in [0.15, 0.2) is 48.8 Å². The van der Waals surface area contributed by atoms with E-state index in [-0.39, 0.29) is 0 Å². The highest BCUT2D eigenvalue weighted by Gasteiger charge is 2.20. The second-order valence-electron chi connectivity index (χ2n) is 7.54. The smallest absolute Gasteiger partial charge is 0.211 e. The summed E-state index contributed by atoms with van der Waals surface area (Å²) >= 11 is 0. The van der Waals surface area contributed by atoms with Crippen LogP contribution in [0.1, 0.15) is 58.9 Å². The third kappa shape index (κ3) is 5.87. The Hall–Kier alpha value is -2.36. The van der Waals surface area contributed by atoms with E-state index in [0.717, 1.165) is 28.2 Å². The number of hydrogen-bond acceptors (Lipinski definition) is 2. The van der Waals surface area contributed by atoms with E-state index in [1.165, 1.54) is 19.3 Å². The number of ether oxygens (including phenoxy) is 1. The van der Waals surface area contributed by atoms with Gasteiger partial charge < -0.3 is 9.94 Å². The highest BCUT2D eigenvalue weighted by atomic mass is 16.5. The van der Waals surface area contributed by atoms with E-state index in [0.29, 0.717) is 6.61 Å². The van der Waals surface area contributed by atoms with Crippen LogP contribution in [-0.2, 0) is 0 Å². The van der Waals surface area contributed by atoms with Crippen molar-refractivity contribution < 1.29 is 14.0 Å². The fourth-order valence-corrected chi connectivity index (χ4v) is 2.53. The van der Waals surface area contributed by atoms with Crippen LogP contribution in [0, 0.1) is 5.21 Å². The quantitative estimate of drug-likeness (QED) is 0.227. The van der Waals surface area contributed by atoms with Crippen molar-refractivity contribution in [1.82, 2.24) is 0 Å². The summed E-state index contributed by atoms with van der Waals surface area (Å²) in [7, 11) is 0. The van der Waals surface area contributed by atoms with Crippen LogP contribution >= 0.6 is 0 Å². The van der Waals surface area contributed by atoms with E-state index in [1.54, 1.807) is 6.21 Å². The van der Waals surface area contributed by atoms with Crippen molar-refractivity contribution in [3.63, 3.8) is 0 Å². The highest BCUT2D eigenvalue weighted by molar-refractivity contribution is 5.81. The molecule has 4 heteroatoms. The zero-order chi connectivity index (χ0) is 19.0. The molecule has 2 aromatic rings. The normalized spacial score (nSPS) is 12.2. The molecule has 1 aromatic heterocycles. The molecule has 0 aliphatic rings. The molecule has 0 saturated heterocycles. The summed E-state index contributed by atoms with van der Waals surface area (Å²) in [6, 6.07) is 11.9. The zero-order valence-electron chi connectivity index (χ0n) is 16.4. The van der Waals surface area contributed by atoms with Gasteiger partial charge in [-0.25, -0.2) is 4.74 Å². The van der Waals surface area contributed by atoms with E-state index in [1.807, 2.05) is 74.1 Å². The molecule has 140 valence electrons. The fourth-order valence-electron chi connectivity index (χ4n) is 2.53. The van der Waals surface area contributed by atoms with Crippen LogP contribution in [0.3, 0.4) is 0 Å². The summed E-state index contributed by atoms with van der Waals surface area (Å²) in [5.74, 6) is 0.756. The molecule has 0 atom stereocenters. The molecule has 26 heavy (non-hydrogen) atoms. The third-order valence-electron chi connectivity index (χ3n) is 4.18. The lowest BCUT2D eigenvalue weighted by Crippen LogP contribution is -2.30. The Labute approximate surface area is 157 Å². The molecule has 1 heterocycles. The molecule has 0 aliphatic heterocycles. The first-order valence-corrected chi connectivity index (χ1v) is 9.46. The van der Waals surface area contributed by atoms with Gasteiger partial charge in [-0.2, -0.15) is 4.57 Å². The second-order valence-corrected chi connectivity index (χ2v) is 7.54. The molecular formula is C22H31N2O2+. The van der Waals surface area contributed by atoms with Crippen LogP contribution in [-0.4, -0.2) is 23.1 Å². The number of benzene rings is 1. The van der Waals surface area contributed by atoms with Crippen molar-refractivity contribution in [2.24, 2.45) is 0 Å². The van der Waals surface area contributed by atoms with Gasteiger partial charge in [0, 0.05) is 45.0 Å². The van der Waals surface area contributed by atoms with Gasteiger partial charge in [0.05, 0.1) is 12.2 Å². The summed E-state index contributed by atoms with van der Waals surface area (Å²) in [4.78, 5) is 0. The molecule has 2 rings (SSSR count). The van der Waals surface area contributed by atoms with Gasteiger partial charge in [0.25, 0.3) is 0 Å². The number of unbranched alkanes of at least 4 members (excludes halogenated alkanes) is 3. The zero-order valence-corrected chi connectivity index (χ0v) is 16.4. The van der Waals surface area contributed by atoms with Crippen molar-refractivity contribution in [3.8, 4) is 11.4 Å². The fraction of sp³-hybridized carbons (Fsp3) is 0.455. The molecule has 4 nitrogen and oxygen atoms in total. The minimum atomic E-state index is -0.492. The van der Waals surface area contributed by atoms with Crippen molar-refractivity contribution in [1.29, 1.82) is 0 Å². The molecule has 0 radical (unpaired) electrons. The first-order valence-electron chi connectivity index (χ1n) is 9.46. The van der Waals surface area contributed by atoms with Gasteiger partial charge in [0.1, 0.15) is 5.75 Å². The maximum atomic E-state index is 12.4. The molecule has 0 bridgehead atoms. The average Bonchev–Trinajstić information content (AvgIpc) is 2.62. The second kappa shape index (κ2) is 9.37. The van der Waals surface area contributed by atoms with E-state index in [2.05, 4.69) is 6.92 Å². The Morgan fingerprint density at radius 3 is 2.46 bits per heavy atom. The van der Waals surface area contributed by atoms with Crippen LogP contribution in [0.4, 0.5) is 0 Å². The van der Waals surface area contributed by atoms with E-state index >= 15 is 0 Å². The molecule has 1 aromatic carbocycles. The standard InChI is InChI=1S/C22H31N2O2/c1-5-6-7-11-16-26-21-13-12-20(23-14-9-8-10-15-23)17-19(21)18-24(25)22(2,3)4/h8-10,12-15,17-18H,5-7,11,16H2,1-4H3/q+1/b24-18+. The highest BCUT2D eigenvalue weighted by Crippen LogP contribution is 2.20. The van der Waals surface area contributed by atoms with Crippen molar-refractivity contribution in [2.75, 3.05) is 6.61 Å². The van der Waals surface area contributed by atoms with Crippen LogP contribution in [0.25, 0.3) is 5.69 Å². The number of hydroxylamine groups is 1. The number of nitrogens with zero attached hydrogens (tertiary/aromatic N) is 2. The maximum absolute atomic E-state index is 12.4. The van der Waals surface area contributed by atoms with Crippen molar-refractivity contribution >= 4 is 6.21 Å². The lowest BCUT2D eigenvalue weighted by Gasteiger charge is -2.19. The van der Waals surface area contributed by atoms with Crippen molar-refractivity contribution in [2.45, 2.75) is 58.9 Å². The van der Waals surface area contributed by atoms with Gasteiger partial charge in [-0.15, -0.1) is 0 Å². The number of pyridine rings is 1. The van der Waals surface area contributed by atoms with Gasteiger partial charge in [-0.1, -0.05) is 32.3 Å². The molecule has 0 N–H and O–H groups in total. The minimum Gasteiger partial charge on any atom is -0.623 e. The molecule has 0 saturated carbocycles. The van der Waals surface area contributed by atoms with Gasteiger partial charge in [-0.05, 0) is 12.5 Å². The first-order chi connectivity index (χ1) is 12.4. The summed E-state index contributed by atoms with van der Waals surface area (Å²) < 4.78 is 9.00. The van der Waals surface area contributed by atoms with Crippen molar-refractivity contribution in [3.05, 3.63) is 59.6 Å². The molecular weight excluding hydrogens is 324 g/mol. The Kier molecular flexibility index (Phi) is 7.19. The van der Waals surface area contributed by atoms with Gasteiger partial charge in [0.2, 0.25) is 5.69 Å². The predicted molar refractivity (Wildman–Crippen MR) is 106 cm³/mol. The molecule has 0 fully saturated rings. The largest absolute Gasteiger partial charge is 0.623 e. The predicted octanol–water partition coefficient (Wildman–Crippen LogP) is 4.65. The molecule has 0 unspecified atom stereocenters. The molecule has 0 spiro atoms. The third-order valence-corrected chi connectivity index (χ3v) is 4.18. The Balaban J connectivity index is 2.28. The van der Waals surface area contributed by atoms with E-state index in [9.17, 15) is 5.21 Å². The first kappa shape index (κ1) is 20.0. The van der Waals surface area contributed by atoms with E-state index < -0.39 is 5.54 Å². The van der Waals surface area contributed by atoms with E-state index in [4.69, 9.17) is 4.74 Å². The average molecular weight is 356 g/mol. The Morgan fingerprint density at radius 2 is 1.81 bits per heavy atom. The van der Waals surface area contributed by atoms with Crippen LogP contribution in [0.5, 0.6) is 5.75 Å². The SMILES string of the molecule is CCCCCCOc1ccc(-[n+]2ccccc2)cc1/C=[N+](/[O-])C(C)(C)C. The summed E-state index contributed by atoms with van der Waals surface area (Å²) in [6.07, 6.45) is 10.2. The Morgan fingerprint density at radius 1 is 1.08 bits per heavy atom. The summed E-state index contributed by atoms with van der Waals surface area (Å²) in [5.41, 5.74) is 1.31. The number of aromatic nitrogens is 1. The summed E-state index contributed by atoms with van der Waals surface area (Å²) in [6.45, 7) is 8.57. The van der Waals surface area contributed by atoms with Gasteiger partial charge in [0.15, 0.2) is 24.1 Å². The lowest BCUT2D eigenvalue weighted by atomic mass is 10.1. The lowest BCUT2D eigenvalue weighted by molar-refractivity contribution is -0.595.